The van der Waals surface area contributed by atoms with Crippen LogP contribution in [0.3, 0.4) is 0 Å². The van der Waals surface area contributed by atoms with Crippen molar-refractivity contribution >= 4 is 15.9 Å². The van der Waals surface area contributed by atoms with Crippen LogP contribution in [0.1, 0.15) is 45.1 Å². The predicted molar refractivity (Wildman–Crippen MR) is 86.1 cm³/mol. The molecule has 0 radical (unpaired) electrons. The predicted octanol–water partition coefficient (Wildman–Crippen LogP) is 4.92. The van der Waals surface area contributed by atoms with Gasteiger partial charge in [0.1, 0.15) is 5.82 Å². The molecule has 112 valence electrons. The molecule has 0 unspecified atom stereocenters. The Morgan fingerprint density at radius 3 is 2.50 bits per heavy atom. The maximum Gasteiger partial charge on any atom is 0.137 e. The summed E-state index contributed by atoms with van der Waals surface area (Å²) in [6, 6.07) is 5.34. The summed E-state index contributed by atoms with van der Waals surface area (Å²) >= 11 is 3.27. The summed E-state index contributed by atoms with van der Waals surface area (Å²) in [6.07, 6.45) is 5.91. The number of nitrogens with two attached hydrogens (primary N) is 1. The van der Waals surface area contributed by atoms with Crippen LogP contribution in [0.2, 0.25) is 0 Å². The molecule has 0 aromatic heterocycles. The van der Waals surface area contributed by atoms with Crippen LogP contribution in [0, 0.1) is 23.1 Å². The number of halogens is 2. The standard InChI is InChI=1S/C17H25BrFN/c1-12(2)14-5-7-17(11-20,8-6-14)10-13-3-4-16(19)15(18)9-13/h3-4,9,12,14H,5-8,10-11,20H2,1-2H3. The van der Waals surface area contributed by atoms with Crippen molar-refractivity contribution in [1.82, 2.24) is 0 Å². The molecule has 0 bridgehead atoms. The molecule has 2 rings (SSSR count). The van der Waals surface area contributed by atoms with Crippen molar-refractivity contribution < 1.29 is 4.39 Å². The zero-order chi connectivity index (χ0) is 14.8. The molecule has 1 aliphatic rings. The van der Waals surface area contributed by atoms with Gasteiger partial charge < -0.3 is 5.73 Å². The third-order valence-corrected chi connectivity index (χ3v) is 5.64. The Bertz CT molecular complexity index is 450. The molecular weight excluding hydrogens is 317 g/mol. The molecule has 20 heavy (non-hydrogen) atoms. The topological polar surface area (TPSA) is 26.0 Å². The van der Waals surface area contributed by atoms with E-state index in [9.17, 15) is 4.39 Å². The first-order valence-corrected chi connectivity index (χ1v) is 8.39. The first-order valence-electron chi connectivity index (χ1n) is 7.60. The van der Waals surface area contributed by atoms with Gasteiger partial charge in [-0.25, -0.2) is 4.39 Å². The highest BCUT2D eigenvalue weighted by molar-refractivity contribution is 9.10. The highest BCUT2D eigenvalue weighted by Gasteiger charge is 2.35. The second kappa shape index (κ2) is 6.57. The van der Waals surface area contributed by atoms with Crippen LogP contribution in [-0.2, 0) is 6.42 Å². The van der Waals surface area contributed by atoms with Gasteiger partial charge in [-0.05, 0) is 89.5 Å². The molecule has 0 aliphatic heterocycles. The Labute approximate surface area is 130 Å². The van der Waals surface area contributed by atoms with Crippen LogP contribution in [0.5, 0.6) is 0 Å². The molecule has 0 spiro atoms. The summed E-state index contributed by atoms with van der Waals surface area (Å²) in [7, 11) is 0. The lowest BCUT2D eigenvalue weighted by atomic mass is 9.65. The third kappa shape index (κ3) is 3.62. The molecule has 0 amide bonds. The van der Waals surface area contributed by atoms with E-state index in [0.717, 1.165) is 24.8 Å². The van der Waals surface area contributed by atoms with Gasteiger partial charge in [0.2, 0.25) is 0 Å². The van der Waals surface area contributed by atoms with Crippen LogP contribution in [0.15, 0.2) is 22.7 Å². The van der Waals surface area contributed by atoms with Crippen molar-refractivity contribution in [1.29, 1.82) is 0 Å². The minimum atomic E-state index is -0.195. The summed E-state index contributed by atoms with van der Waals surface area (Å²) in [4.78, 5) is 0. The largest absolute Gasteiger partial charge is 0.330 e. The van der Waals surface area contributed by atoms with Gasteiger partial charge in [-0.15, -0.1) is 0 Å². The fourth-order valence-electron chi connectivity index (χ4n) is 3.45. The van der Waals surface area contributed by atoms with E-state index >= 15 is 0 Å². The number of benzene rings is 1. The second-order valence-corrected chi connectivity index (χ2v) is 7.57. The highest BCUT2D eigenvalue weighted by atomic mass is 79.9. The van der Waals surface area contributed by atoms with Gasteiger partial charge in [0.25, 0.3) is 0 Å². The maximum atomic E-state index is 13.3. The van der Waals surface area contributed by atoms with Crippen LogP contribution in [0.25, 0.3) is 0 Å². The van der Waals surface area contributed by atoms with E-state index in [0.29, 0.717) is 4.47 Å². The lowest BCUT2D eigenvalue weighted by molar-refractivity contribution is 0.132. The summed E-state index contributed by atoms with van der Waals surface area (Å²) in [5, 5.41) is 0. The van der Waals surface area contributed by atoms with Gasteiger partial charge in [-0.1, -0.05) is 19.9 Å². The van der Waals surface area contributed by atoms with E-state index < -0.39 is 0 Å². The fraction of sp³-hybridized carbons (Fsp3) is 0.647. The second-order valence-electron chi connectivity index (χ2n) is 6.71. The molecule has 3 heteroatoms. The monoisotopic (exact) mass is 341 g/mol. The summed E-state index contributed by atoms with van der Waals surface area (Å²) < 4.78 is 13.9. The van der Waals surface area contributed by atoms with Gasteiger partial charge in [0, 0.05) is 0 Å². The molecule has 2 N–H and O–H groups in total. The van der Waals surface area contributed by atoms with Crippen molar-refractivity contribution in [2.45, 2.75) is 46.0 Å². The van der Waals surface area contributed by atoms with Crippen LogP contribution >= 0.6 is 15.9 Å². The van der Waals surface area contributed by atoms with Gasteiger partial charge in [-0.3, -0.25) is 0 Å². The zero-order valence-electron chi connectivity index (χ0n) is 12.5. The van der Waals surface area contributed by atoms with Crippen molar-refractivity contribution in [3.63, 3.8) is 0 Å². The van der Waals surface area contributed by atoms with Gasteiger partial charge in [0.05, 0.1) is 4.47 Å². The van der Waals surface area contributed by atoms with Crippen LogP contribution in [-0.4, -0.2) is 6.54 Å². The van der Waals surface area contributed by atoms with Gasteiger partial charge in [0.15, 0.2) is 0 Å². The van der Waals surface area contributed by atoms with Crippen LogP contribution in [0.4, 0.5) is 4.39 Å². The van der Waals surface area contributed by atoms with E-state index in [1.54, 1.807) is 6.07 Å². The van der Waals surface area contributed by atoms with Crippen molar-refractivity contribution in [2.24, 2.45) is 23.0 Å². The zero-order valence-corrected chi connectivity index (χ0v) is 14.0. The third-order valence-electron chi connectivity index (χ3n) is 5.03. The quantitative estimate of drug-likeness (QED) is 0.826. The Hall–Kier alpha value is -0.410. The minimum Gasteiger partial charge on any atom is -0.330 e. The lowest BCUT2D eigenvalue weighted by Gasteiger charge is -2.41. The number of rotatable bonds is 4. The molecule has 1 aromatic carbocycles. The Kier molecular flexibility index (Phi) is 5.25. The smallest absolute Gasteiger partial charge is 0.137 e. The van der Waals surface area contributed by atoms with E-state index in [2.05, 4.69) is 29.8 Å². The Balaban J connectivity index is 2.07. The Morgan fingerprint density at radius 2 is 2.00 bits per heavy atom. The SMILES string of the molecule is CC(C)C1CCC(CN)(Cc2ccc(F)c(Br)c2)CC1. The average Bonchev–Trinajstić information content (AvgIpc) is 2.43. The normalized spacial score (nSPS) is 27.0. The highest BCUT2D eigenvalue weighted by Crippen LogP contribution is 2.43. The first kappa shape index (κ1) is 16.0. The fourth-order valence-corrected chi connectivity index (χ4v) is 3.88. The molecule has 0 saturated heterocycles. The summed E-state index contributed by atoms with van der Waals surface area (Å²) in [6.45, 7) is 5.36. The van der Waals surface area contributed by atoms with Crippen molar-refractivity contribution in [3.8, 4) is 0 Å². The number of hydrogen-bond acceptors (Lipinski definition) is 1. The lowest BCUT2D eigenvalue weighted by Crippen LogP contribution is -2.37. The molecule has 1 nitrogen and oxygen atoms in total. The summed E-state index contributed by atoms with van der Waals surface area (Å²) in [5.74, 6) is 1.42. The maximum absolute atomic E-state index is 13.3. The van der Waals surface area contributed by atoms with E-state index in [4.69, 9.17) is 5.73 Å². The average molecular weight is 342 g/mol. The van der Waals surface area contributed by atoms with E-state index in [1.165, 1.54) is 31.2 Å². The Morgan fingerprint density at radius 1 is 1.35 bits per heavy atom. The first-order chi connectivity index (χ1) is 9.46. The molecule has 0 atom stereocenters. The minimum absolute atomic E-state index is 0.195. The molecule has 0 heterocycles. The number of hydrogen-bond donors (Lipinski definition) is 1. The van der Waals surface area contributed by atoms with Crippen molar-refractivity contribution in [3.05, 3.63) is 34.1 Å². The van der Waals surface area contributed by atoms with Gasteiger partial charge >= 0.3 is 0 Å². The molecule has 1 fully saturated rings. The summed E-state index contributed by atoms with van der Waals surface area (Å²) in [5.41, 5.74) is 7.49. The molecular formula is C17H25BrFN. The van der Waals surface area contributed by atoms with E-state index in [-0.39, 0.29) is 11.2 Å². The molecule has 1 saturated carbocycles. The van der Waals surface area contributed by atoms with E-state index in [1.807, 2.05) is 12.1 Å². The van der Waals surface area contributed by atoms with Gasteiger partial charge in [-0.2, -0.15) is 0 Å². The van der Waals surface area contributed by atoms with Crippen molar-refractivity contribution in [2.75, 3.05) is 6.54 Å². The molecule has 1 aliphatic carbocycles. The van der Waals surface area contributed by atoms with Crippen LogP contribution < -0.4 is 5.73 Å². The molecule has 1 aromatic rings.